The number of nitro benzene ring substituents is 1. The molecule has 15 nitrogen and oxygen atoms in total. The number of aliphatic carboxylic acids is 2. The quantitative estimate of drug-likeness (QED) is 0.0526. The minimum Gasteiger partial charge on any atom is -0.480 e. The highest BCUT2D eigenvalue weighted by atomic mass is 16.6. The third-order valence-corrected chi connectivity index (χ3v) is 9.96. The van der Waals surface area contributed by atoms with Crippen molar-refractivity contribution in [2.45, 2.75) is 24.9 Å². The van der Waals surface area contributed by atoms with Crippen molar-refractivity contribution in [3.8, 4) is 33.4 Å². The first kappa shape index (κ1) is 40.2. The van der Waals surface area contributed by atoms with Gasteiger partial charge in [-0.05, 0) is 105 Å². The molecular weight excluding hydrogens is 763 g/mol. The van der Waals surface area contributed by atoms with Crippen LogP contribution < -0.4 is 11.5 Å². The monoisotopic (exact) mass is 801 g/mol. The number of pyridine rings is 3. The number of carboxylic acid groups (broad SMARTS) is 2. The summed E-state index contributed by atoms with van der Waals surface area (Å²) in [7, 11) is 0. The Morgan fingerprint density at radius 2 is 1.08 bits per heavy atom. The number of fused-ring (bicyclic) bond motifs is 3. The Hall–Kier alpha value is -8.01. The first-order valence-corrected chi connectivity index (χ1v) is 18.7. The molecule has 0 aliphatic rings. The van der Waals surface area contributed by atoms with Gasteiger partial charge >= 0.3 is 11.9 Å². The molecule has 6 heterocycles. The van der Waals surface area contributed by atoms with E-state index in [1.165, 1.54) is 28.1 Å². The number of nitrogens with zero attached hydrogens (tertiary/aromatic N) is 4. The summed E-state index contributed by atoms with van der Waals surface area (Å²) in [6, 6.07) is 26.9. The minimum absolute atomic E-state index is 0.0641. The van der Waals surface area contributed by atoms with Gasteiger partial charge in [-0.15, -0.1) is 0 Å². The molecule has 6 aromatic heterocycles. The number of rotatable bonds is 10. The van der Waals surface area contributed by atoms with Gasteiger partial charge in [0.05, 0.1) is 4.92 Å². The van der Waals surface area contributed by atoms with Crippen molar-refractivity contribution >= 4 is 50.3 Å². The van der Waals surface area contributed by atoms with Crippen molar-refractivity contribution in [2.75, 3.05) is 0 Å². The zero-order valence-electron chi connectivity index (χ0n) is 31.9. The van der Waals surface area contributed by atoms with Gasteiger partial charge < -0.3 is 36.6 Å². The molecule has 0 amide bonds. The first-order valence-electron chi connectivity index (χ1n) is 18.7. The summed E-state index contributed by atoms with van der Waals surface area (Å²) in [6.07, 6.45) is 16.1. The van der Waals surface area contributed by atoms with Crippen LogP contribution in [0.25, 0.3) is 66.1 Å². The largest absolute Gasteiger partial charge is 0.480 e. The van der Waals surface area contributed by atoms with E-state index in [0.29, 0.717) is 16.5 Å². The van der Waals surface area contributed by atoms with Gasteiger partial charge in [-0.2, -0.15) is 0 Å². The van der Waals surface area contributed by atoms with Gasteiger partial charge in [0, 0.05) is 102 Å². The SMILES string of the molecule is NC(Cc1c[nH]c2c([N+](=O)[O-])ccc(-c3ccncc3)c12)C(=O)O.NC(Cc1c[nH]c2cccc(-c3ccncc3)c12)C(=O)O.c1cc(-c2ccncc2)c2cc[nH]c2c1. The summed E-state index contributed by atoms with van der Waals surface area (Å²) in [5.41, 5.74) is 21.4. The second kappa shape index (κ2) is 18.1. The Morgan fingerprint density at radius 1 is 0.600 bits per heavy atom. The molecule has 2 atom stereocenters. The summed E-state index contributed by atoms with van der Waals surface area (Å²) in [6.45, 7) is 0. The lowest BCUT2D eigenvalue weighted by atomic mass is 9.96. The van der Waals surface area contributed by atoms with Crippen molar-refractivity contribution in [3.05, 3.63) is 168 Å². The number of non-ortho nitro benzene ring substituents is 1. The summed E-state index contributed by atoms with van der Waals surface area (Å²) in [5, 5.41) is 32.2. The van der Waals surface area contributed by atoms with Crippen molar-refractivity contribution in [2.24, 2.45) is 11.5 Å². The van der Waals surface area contributed by atoms with Crippen LogP contribution in [0.2, 0.25) is 0 Å². The summed E-state index contributed by atoms with van der Waals surface area (Å²) in [4.78, 5) is 54.1. The molecule has 9 rings (SSSR count). The molecule has 0 spiro atoms. The van der Waals surface area contributed by atoms with Crippen LogP contribution in [0, 0.1) is 10.1 Å². The maximum atomic E-state index is 11.3. The van der Waals surface area contributed by atoms with E-state index in [9.17, 15) is 19.7 Å². The lowest BCUT2D eigenvalue weighted by Gasteiger charge is -2.09. The fourth-order valence-electron chi connectivity index (χ4n) is 7.09. The number of carboxylic acids is 2. The van der Waals surface area contributed by atoms with E-state index in [0.717, 1.165) is 38.7 Å². The number of H-pyrrole nitrogens is 3. The molecule has 0 aliphatic heterocycles. The Balaban J connectivity index is 0.000000139. The Labute approximate surface area is 341 Å². The molecule has 60 heavy (non-hydrogen) atoms. The second-order valence-corrected chi connectivity index (χ2v) is 13.7. The molecule has 0 saturated carbocycles. The second-order valence-electron chi connectivity index (χ2n) is 13.7. The van der Waals surface area contributed by atoms with E-state index in [1.807, 2.05) is 67.3 Å². The standard InChI is InChI=1S/C16H14N4O4.C16H15N3O2.C13H10N2/c17-12(16(21)22)7-10-8-19-15-13(20(23)24)2-1-11(14(10)15)9-3-5-18-6-4-9;17-13(16(20)21)8-11-9-19-14-3-1-2-12(15(11)14)10-4-6-18-7-5-10;1-2-11(10-4-7-14-8-5-10)12-6-9-15-13(12)3-1/h1-6,8,12,19H,7,17H2,(H,21,22);1-7,9,13,19H,8,17H2,(H,20,21);1-9,15H. The third kappa shape index (κ3) is 8.77. The summed E-state index contributed by atoms with van der Waals surface area (Å²) < 4.78 is 0. The zero-order chi connectivity index (χ0) is 42.2. The van der Waals surface area contributed by atoms with Crippen LogP contribution in [0.3, 0.4) is 0 Å². The number of benzene rings is 3. The van der Waals surface area contributed by atoms with Crippen LogP contribution >= 0.6 is 0 Å². The van der Waals surface area contributed by atoms with Crippen LogP contribution in [0.1, 0.15) is 11.1 Å². The molecular formula is C45H39N9O6. The summed E-state index contributed by atoms with van der Waals surface area (Å²) in [5.74, 6) is -2.12. The van der Waals surface area contributed by atoms with Gasteiger partial charge in [-0.25, -0.2) is 0 Å². The van der Waals surface area contributed by atoms with Crippen molar-refractivity contribution in [3.63, 3.8) is 0 Å². The molecule has 15 heteroatoms. The van der Waals surface area contributed by atoms with Crippen molar-refractivity contribution in [1.82, 2.24) is 29.9 Å². The minimum atomic E-state index is -1.12. The highest BCUT2D eigenvalue weighted by Gasteiger charge is 2.22. The van der Waals surface area contributed by atoms with Crippen LogP contribution in [0.15, 0.2) is 147 Å². The average molecular weight is 802 g/mol. The topological polar surface area (TPSA) is 256 Å². The molecule has 0 radical (unpaired) electrons. The maximum Gasteiger partial charge on any atom is 0.320 e. The van der Waals surface area contributed by atoms with Gasteiger partial charge in [0.15, 0.2) is 0 Å². The van der Waals surface area contributed by atoms with E-state index in [1.54, 1.807) is 49.2 Å². The van der Waals surface area contributed by atoms with Gasteiger partial charge in [-0.1, -0.05) is 24.3 Å². The van der Waals surface area contributed by atoms with E-state index in [4.69, 9.17) is 21.7 Å². The van der Waals surface area contributed by atoms with E-state index in [2.05, 4.69) is 54.2 Å². The van der Waals surface area contributed by atoms with Crippen LogP contribution in [0.4, 0.5) is 5.69 Å². The molecule has 0 aliphatic carbocycles. The Morgan fingerprint density at radius 3 is 1.63 bits per heavy atom. The molecule has 2 unspecified atom stereocenters. The van der Waals surface area contributed by atoms with Crippen molar-refractivity contribution < 1.29 is 24.7 Å². The number of aromatic amines is 3. The summed E-state index contributed by atoms with van der Waals surface area (Å²) >= 11 is 0. The van der Waals surface area contributed by atoms with E-state index in [-0.39, 0.29) is 18.5 Å². The van der Waals surface area contributed by atoms with Gasteiger partial charge in [0.25, 0.3) is 5.69 Å². The fourth-order valence-corrected chi connectivity index (χ4v) is 7.09. The predicted molar refractivity (Wildman–Crippen MR) is 230 cm³/mol. The third-order valence-electron chi connectivity index (χ3n) is 9.96. The van der Waals surface area contributed by atoms with Crippen molar-refractivity contribution in [1.29, 1.82) is 0 Å². The molecule has 9 N–H and O–H groups in total. The molecule has 300 valence electrons. The highest BCUT2D eigenvalue weighted by Crippen LogP contribution is 2.37. The average Bonchev–Trinajstić information content (AvgIpc) is 4.04. The molecule has 9 aromatic rings. The molecule has 0 fully saturated rings. The Kier molecular flexibility index (Phi) is 12.1. The number of hydrogen-bond donors (Lipinski definition) is 7. The number of carbonyl (C=O) groups is 2. The maximum absolute atomic E-state index is 11.3. The molecule has 0 bridgehead atoms. The van der Waals surface area contributed by atoms with E-state index >= 15 is 0 Å². The zero-order valence-corrected chi connectivity index (χ0v) is 31.9. The number of nitrogens with two attached hydrogens (primary N) is 2. The number of nitrogens with one attached hydrogen (secondary N) is 3. The molecule has 0 saturated heterocycles. The predicted octanol–water partition coefficient (Wildman–Crippen LogP) is 7.51. The normalized spacial score (nSPS) is 11.9. The van der Waals surface area contributed by atoms with E-state index < -0.39 is 28.9 Å². The smallest absolute Gasteiger partial charge is 0.320 e. The lowest BCUT2D eigenvalue weighted by molar-refractivity contribution is -0.383. The van der Waals surface area contributed by atoms with Crippen LogP contribution in [-0.4, -0.2) is 69.1 Å². The Bertz CT molecular complexity index is 2910. The van der Waals surface area contributed by atoms with Gasteiger partial charge in [-0.3, -0.25) is 34.7 Å². The number of nitro groups is 1. The van der Waals surface area contributed by atoms with Gasteiger partial charge in [0.1, 0.15) is 17.6 Å². The van der Waals surface area contributed by atoms with Gasteiger partial charge in [0.2, 0.25) is 0 Å². The van der Waals surface area contributed by atoms with Crippen LogP contribution in [0.5, 0.6) is 0 Å². The lowest BCUT2D eigenvalue weighted by Crippen LogP contribution is -2.32. The molecule has 3 aromatic carbocycles. The number of hydrogen-bond acceptors (Lipinski definition) is 9. The number of aromatic nitrogens is 6. The fraction of sp³-hybridized carbons (Fsp3) is 0.0889. The first-order chi connectivity index (χ1) is 29.1. The van der Waals surface area contributed by atoms with Crippen LogP contribution in [-0.2, 0) is 22.4 Å². The highest BCUT2D eigenvalue weighted by molar-refractivity contribution is 6.02.